The maximum Gasteiger partial charge on any atom is 0.122 e. The number of thiazole rings is 1. The molecule has 0 aliphatic rings. The van der Waals surface area contributed by atoms with Crippen molar-refractivity contribution in [3.8, 4) is 0 Å². The number of rotatable bonds is 2. The van der Waals surface area contributed by atoms with E-state index in [9.17, 15) is 0 Å². The summed E-state index contributed by atoms with van der Waals surface area (Å²) in [4.78, 5) is 4.13. The number of aromatic nitrogens is 1. The Balaban J connectivity index is 2.74. The molecule has 0 aliphatic carbocycles. The fourth-order valence-corrected chi connectivity index (χ4v) is 1.83. The van der Waals surface area contributed by atoms with Crippen LogP contribution in [0.4, 0.5) is 0 Å². The summed E-state index contributed by atoms with van der Waals surface area (Å²) in [7, 11) is 1.68. The standard InChI is InChI=1S/C6H8BrNOS/c1-4(9-2)6-8-3-5(7)10-6/h3-4H,1-2H3. The van der Waals surface area contributed by atoms with Crippen LogP contribution in [-0.4, -0.2) is 12.1 Å². The van der Waals surface area contributed by atoms with Crippen molar-refractivity contribution in [2.45, 2.75) is 13.0 Å². The molecule has 1 atom stereocenters. The smallest absolute Gasteiger partial charge is 0.122 e. The summed E-state index contributed by atoms with van der Waals surface area (Å²) in [6.45, 7) is 1.98. The quantitative estimate of drug-likeness (QED) is 0.767. The molecule has 0 aromatic carbocycles. The van der Waals surface area contributed by atoms with E-state index in [2.05, 4.69) is 20.9 Å². The highest BCUT2D eigenvalue weighted by Crippen LogP contribution is 2.25. The first-order valence-corrected chi connectivity index (χ1v) is 4.49. The molecule has 0 amide bonds. The van der Waals surface area contributed by atoms with Crippen molar-refractivity contribution in [3.05, 3.63) is 15.0 Å². The Morgan fingerprint density at radius 3 is 2.90 bits per heavy atom. The summed E-state index contributed by atoms with van der Waals surface area (Å²) < 4.78 is 6.12. The van der Waals surface area contributed by atoms with Gasteiger partial charge in [0.05, 0.1) is 9.98 Å². The van der Waals surface area contributed by atoms with Crippen molar-refractivity contribution < 1.29 is 4.74 Å². The zero-order valence-corrected chi connectivity index (χ0v) is 8.20. The van der Waals surface area contributed by atoms with Crippen LogP contribution in [0, 0.1) is 0 Å². The van der Waals surface area contributed by atoms with Crippen molar-refractivity contribution >= 4 is 27.3 Å². The van der Waals surface area contributed by atoms with Crippen LogP contribution in [-0.2, 0) is 4.74 Å². The van der Waals surface area contributed by atoms with Gasteiger partial charge in [-0.2, -0.15) is 0 Å². The predicted octanol–water partition coefficient (Wildman–Crippen LogP) is 2.61. The summed E-state index contributed by atoms with van der Waals surface area (Å²) >= 11 is 4.93. The van der Waals surface area contributed by atoms with Gasteiger partial charge < -0.3 is 4.74 Å². The van der Waals surface area contributed by atoms with Gasteiger partial charge in [0, 0.05) is 7.11 Å². The lowest BCUT2D eigenvalue weighted by molar-refractivity contribution is 0.119. The van der Waals surface area contributed by atoms with Gasteiger partial charge in [-0.3, -0.25) is 0 Å². The number of hydrogen-bond acceptors (Lipinski definition) is 3. The van der Waals surface area contributed by atoms with Gasteiger partial charge in [0.2, 0.25) is 0 Å². The Hall–Kier alpha value is 0.0700. The molecule has 1 aromatic heterocycles. The molecular formula is C6H8BrNOS. The molecule has 0 aliphatic heterocycles. The zero-order chi connectivity index (χ0) is 7.56. The van der Waals surface area contributed by atoms with Gasteiger partial charge in [0.1, 0.15) is 11.1 Å². The second-order valence-electron chi connectivity index (χ2n) is 1.88. The largest absolute Gasteiger partial charge is 0.375 e. The van der Waals surface area contributed by atoms with E-state index in [0.29, 0.717) is 0 Å². The monoisotopic (exact) mass is 221 g/mol. The Morgan fingerprint density at radius 1 is 1.80 bits per heavy atom. The number of hydrogen-bond donors (Lipinski definition) is 0. The van der Waals surface area contributed by atoms with Gasteiger partial charge in [-0.25, -0.2) is 4.98 Å². The SMILES string of the molecule is COC(C)c1ncc(Br)s1. The van der Waals surface area contributed by atoms with E-state index in [0.717, 1.165) is 8.79 Å². The Labute approximate surface area is 72.4 Å². The van der Waals surface area contributed by atoms with E-state index in [4.69, 9.17) is 4.74 Å². The first kappa shape index (κ1) is 8.17. The van der Waals surface area contributed by atoms with Crippen LogP contribution in [0.5, 0.6) is 0 Å². The summed E-state index contributed by atoms with van der Waals surface area (Å²) in [6, 6.07) is 0. The fourth-order valence-electron chi connectivity index (χ4n) is 0.556. The number of methoxy groups -OCH3 is 1. The molecule has 10 heavy (non-hydrogen) atoms. The van der Waals surface area contributed by atoms with Crippen LogP contribution in [0.25, 0.3) is 0 Å². The maximum atomic E-state index is 5.08. The van der Waals surface area contributed by atoms with Gasteiger partial charge in [-0.15, -0.1) is 11.3 Å². The summed E-state index contributed by atoms with van der Waals surface area (Å²) in [6.07, 6.45) is 1.89. The second kappa shape index (κ2) is 3.46. The van der Waals surface area contributed by atoms with Crippen LogP contribution in [0.1, 0.15) is 18.0 Å². The third kappa shape index (κ3) is 1.78. The Bertz CT molecular complexity index is 213. The lowest BCUT2D eigenvalue weighted by Crippen LogP contribution is -1.93. The first-order valence-electron chi connectivity index (χ1n) is 2.88. The van der Waals surface area contributed by atoms with Crippen molar-refractivity contribution in [2.75, 3.05) is 7.11 Å². The molecule has 4 heteroatoms. The molecule has 1 aromatic rings. The number of halogens is 1. The number of ether oxygens (including phenoxy) is 1. The molecule has 0 N–H and O–H groups in total. The fraction of sp³-hybridized carbons (Fsp3) is 0.500. The van der Waals surface area contributed by atoms with E-state index < -0.39 is 0 Å². The van der Waals surface area contributed by atoms with E-state index in [-0.39, 0.29) is 6.10 Å². The zero-order valence-electron chi connectivity index (χ0n) is 5.80. The molecule has 0 saturated heterocycles. The van der Waals surface area contributed by atoms with Crippen LogP contribution in [0.2, 0.25) is 0 Å². The number of nitrogens with zero attached hydrogens (tertiary/aromatic N) is 1. The van der Waals surface area contributed by atoms with Gasteiger partial charge in [0.15, 0.2) is 0 Å². The van der Waals surface area contributed by atoms with E-state index in [1.165, 1.54) is 0 Å². The molecule has 1 rings (SSSR count). The molecular weight excluding hydrogens is 214 g/mol. The van der Waals surface area contributed by atoms with Gasteiger partial charge in [-0.05, 0) is 22.9 Å². The molecule has 0 radical (unpaired) electrons. The van der Waals surface area contributed by atoms with Crippen LogP contribution in [0.15, 0.2) is 9.98 Å². The van der Waals surface area contributed by atoms with Crippen molar-refractivity contribution in [1.82, 2.24) is 4.98 Å². The van der Waals surface area contributed by atoms with E-state index in [1.807, 2.05) is 6.92 Å². The van der Waals surface area contributed by atoms with Gasteiger partial charge in [0.25, 0.3) is 0 Å². The van der Waals surface area contributed by atoms with Crippen molar-refractivity contribution in [1.29, 1.82) is 0 Å². The van der Waals surface area contributed by atoms with Crippen LogP contribution < -0.4 is 0 Å². The van der Waals surface area contributed by atoms with Crippen LogP contribution in [0.3, 0.4) is 0 Å². The lowest BCUT2D eigenvalue weighted by Gasteiger charge is -2.02. The molecule has 56 valence electrons. The summed E-state index contributed by atoms with van der Waals surface area (Å²) in [5, 5.41) is 1.01. The topological polar surface area (TPSA) is 22.1 Å². The van der Waals surface area contributed by atoms with Crippen molar-refractivity contribution in [3.63, 3.8) is 0 Å². The minimum absolute atomic E-state index is 0.108. The van der Waals surface area contributed by atoms with Gasteiger partial charge >= 0.3 is 0 Å². The highest BCUT2D eigenvalue weighted by atomic mass is 79.9. The first-order chi connectivity index (χ1) is 4.74. The minimum atomic E-state index is 0.108. The molecule has 0 fully saturated rings. The Morgan fingerprint density at radius 2 is 2.50 bits per heavy atom. The van der Waals surface area contributed by atoms with E-state index in [1.54, 1.807) is 24.6 Å². The predicted molar refractivity (Wildman–Crippen MR) is 45.2 cm³/mol. The second-order valence-corrected chi connectivity index (χ2v) is 4.32. The summed E-state index contributed by atoms with van der Waals surface area (Å²) in [5.41, 5.74) is 0. The molecule has 0 saturated carbocycles. The third-order valence-corrected chi connectivity index (χ3v) is 2.83. The molecule has 1 heterocycles. The highest BCUT2D eigenvalue weighted by Gasteiger charge is 2.06. The molecule has 0 spiro atoms. The highest BCUT2D eigenvalue weighted by molar-refractivity contribution is 9.11. The summed E-state index contributed by atoms with van der Waals surface area (Å²) in [5.74, 6) is 0. The molecule has 2 nitrogen and oxygen atoms in total. The lowest BCUT2D eigenvalue weighted by atomic mass is 10.4. The van der Waals surface area contributed by atoms with Crippen molar-refractivity contribution in [2.24, 2.45) is 0 Å². The Kier molecular flexibility index (Phi) is 2.82. The normalized spacial score (nSPS) is 13.5. The maximum absolute atomic E-state index is 5.08. The third-order valence-electron chi connectivity index (χ3n) is 1.20. The minimum Gasteiger partial charge on any atom is -0.375 e. The van der Waals surface area contributed by atoms with Gasteiger partial charge in [-0.1, -0.05) is 0 Å². The van der Waals surface area contributed by atoms with E-state index >= 15 is 0 Å². The molecule has 0 bridgehead atoms. The average molecular weight is 222 g/mol. The molecule has 1 unspecified atom stereocenters. The van der Waals surface area contributed by atoms with Crippen LogP contribution >= 0.6 is 27.3 Å². The average Bonchev–Trinajstić information content (AvgIpc) is 2.34.